The van der Waals surface area contributed by atoms with Crippen LogP contribution in [-0.2, 0) is 10.2 Å². The number of phenols is 1. The van der Waals surface area contributed by atoms with Crippen molar-refractivity contribution < 1.29 is 24.2 Å². The monoisotopic (exact) mass is 431 g/mol. The largest absolute Gasteiger partial charge is 0.508 e. The van der Waals surface area contributed by atoms with Crippen molar-refractivity contribution in [3.8, 4) is 5.75 Å². The van der Waals surface area contributed by atoms with Crippen molar-refractivity contribution >= 4 is 34.4 Å². The topological polar surface area (TPSA) is 79.5 Å². The van der Waals surface area contributed by atoms with Gasteiger partial charge in [-0.15, -0.1) is 0 Å². The smallest absolute Gasteiger partial charge is 0.314 e. The number of halogens is 2. The average Bonchev–Trinajstić information content (AvgIpc) is 2.99. The Kier molecular flexibility index (Phi) is 5.65. The maximum atomic E-state index is 14.0. The molecule has 0 spiro atoms. The van der Waals surface area contributed by atoms with Gasteiger partial charge in [0.25, 0.3) is 5.91 Å². The van der Waals surface area contributed by atoms with Crippen molar-refractivity contribution in [2.75, 3.05) is 0 Å². The van der Waals surface area contributed by atoms with Gasteiger partial charge in [-0.25, -0.2) is 4.39 Å². The molecule has 5 nitrogen and oxygen atoms in total. The molecule has 7 heteroatoms. The fourth-order valence-corrected chi connectivity index (χ4v) is 4.17. The summed E-state index contributed by atoms with van der Waals surface area (Å²) >= 11 is 5.74. The van der Waals surface area contributed by atoms with Crippen LogP contribution in [0, 0.1) is 18.7 Å². The van der Waals surface area contributed by atoms with E-state index in [0.717, 1.165) is 6.07 Å². The molecular formula is C23H23ClFNO4. The number of carboxylic acid groups (broad SMARTS) is 1. The van der Waals surface area contributed by atoms with Crippen LogP contribution in [0.3, 0.4) is 0 Å². The molecule has 158 valence electrons. The van der Waals surface area contributed by atoms with Gasteiger partial charge in [0.1, 0.15) is 11.6 Å². The second-order valence-electron chi connectivity index (χ2n) is 7.75. The summed E-state index contributed by atoms with van der Waals surface area (Å²) < 4.78 is 15.3. The van der Waals surface area contributed by atoms with Gasteiger partial charge < -0.3 is 10.2 Å². The van der Waals surface area contributed by atoms with Crippen molar-refractivity contribution in [1.82, 2.24) is 4.57 Å². The van der Waals surface area contributed by atoms with E-state index in [9.17, 15) is 24.2 Å². The Morgan fingerprint density at radius 1 is 1.23 bits per heavy atom. The Morgan fingerprint density at radius 2 is 1.90 bits per heavy atom. The van der Waals surface area contributed by atoms with E-state index in [1.54, 1.807) is 19.9 Å². The molecule has 0 saturated carbocycles. The molecule has 2 N–H and O–H groups in total. The van der Waals surface area contributed by atoms with E-state index in [-0.39, 0.29) is 22.3 Å². The molecule has 2 atom stereocenters. The summed E-state index contributed by atoms with van der Waals surface area (Å²) in [6.07, 6.45) is 0.601. The van der Waals surface area contributed by atoms with Gasteiger partial charge in [-0.3, -0.25) is 14.2 Å². The fourth-order valence-electron chi connectivity index (χ4n) is 4.05. The molecule has 30 heavy (non-hydrogen) atoms. The number of benzene rings is 2. The maximum absolute atomic E-state index is 14.0. The van der Waals surface area contributed by atoms with Crippen molar-refractivity contribution in [3.05, 3.63) is 64.1 Å². The molecule has 0 aliphatic carbocycles. The number of carbonyl (C=O) groups excluding carboxylic acids is 1. The predicted molar refractivity (Wildman–Crippen MR) is 114 cm³/mol. The standard InChI is InChI=1S/C23H23ClFNO4/c1-5-12(2)23(4,22(29)30)20-13(3)26(19-9-7-15(27)11-16(19)20)21(28)14-6-8-17(24)18(25)10-14/h6-12,27H,5H2,1-4H3,(H,29,30)/t12?,23-/m1/s1. The van der Waals surface area contributed by atoms with E-state index in [4.69, 9.17) is 11.6 Å². The molecule has 0 bridgehead atoms. The highest BCUT2D eigenvalue weighted by atomic mass is 35.5. The first-order chi connectivity index (χ1) is 14.0. The summed E-state index contributed by atoms with van der Waals surface area (Å²) in [5, 5.41) is 20.6. The molecule has 2 aromatic carbocycles. The van der Waals surface area contributed by atoms with Crippen molar-refractivity contribution in [1.29, 1.82) is 0 Å². The van der Waals surface area contributed by atoms with Crippen LogP contribution in [0.15, 0.2) is 36.4 Å². The third kappa shape index (κ3) is 3.25. The average molecular weight is 432 g/mol. The number of rotatable bonds is 5. The molecular weight excluding hydrogens is 409 g/mol. The molecule has 3 rings (SSSR count). The highest BCUT2D eigenvalue weighted by molar-refractivity contribution is 6.30. The van der Waals surface area contributed by atoms with Crippen LogP contribution in [0.5, 0.6) is 5.75 Å². The number of fused-ring (bicyclic) bond motifs is 1. The summed E-state index contributed by atoms with van der Waals surface area (Å²) in [6, 6.07) is 8.24. The van der Waals surface area contributed by atoms with Crippen molar-refractivity contribution in [2.45, 2.75) is 39.5 Å². The van der Waals surface area contributed by atoms with Crippen LogP contribution in [0.4, 0.5) is 4.39 Å². The normalized spacial score (nSPS) is 14.5. The molecule has 0 amide bonds. The van der Waals surface area contributed by atoms with E-state index >= 15 is 0 Å². The molecule has 0 saturated heterocycles. The van der Waals surface area contributed by atoms with Gasteiger partial charge in [-0.05, 0) is 61.7 Å². The minimum Gasteiger partial charge on any atom is -0.508 e. The van der Waals surface area contributed by atoms with Gasteiger partial charge >= 0.3 is 5.97 Å². The van der Waals surface area contributed by atoms with E-state index < -0.39 is 23.1 Å². The number of aromatic hydroxyl groups is 1. The number of hydrogen-bond acceptors (Lipinski definition) is 3. The van der Waals surface area contributed by atoms with E-state index in [1.165, 1.54) is 28.8 Å². The summed E-state index contributed by atoms with van der Waals surface area (Å²) in [5.41, 5.74) is 0.106. The first-order valence-corrected chi connectivity index (χ1v) is 9.99. The quantitative estimate of drug-likeness (QED) is 0.557. The molecule has 1 heterocycles. The Bertz CT molecular complexity index is 1170. The lowest BCUT2D eigenvalue weighted by molar-refractivity contribution is -0.145. The molecule has 0 fully saturated rings. The van der Waals surface area contributed by atoms with Crippen LogP contribution in [-0.4, -0.2) is 26.7 Å². The molecule has 0 radical (unpaired) electrons. The number of aromatic nitrogens is 1. The Balaban J connectivity index is 2.38. The minimum atomic E-state index is -1.30. The van der Waals surface area contributed by atoms with E-state index in [2.05, 4.69) is 0 Å². The van der Waals surface area contributed by atoms with Gasteiger partial charge in [0.05, 0.1) is 16.0 Å². The Labute approximate surface area is 178 Å². The number of carbonyl (C=O) groups is 2. The van der Waals surface area contributed by atoms with Gasteiger partial charge in [0.15, 0.2) is 0 Å². The van der Waals surface area contributed by atoms with Crippen molar-refractivity contribution in [2.24, 2.45) is 5.92 Å². The van der Waals surface area contributed by atoms with E-state index in [0.29, 0.717) is 28.6 Å². The lowest BCUT2D eigenvalue weighted by Gasteiger charge is -2.32. The number of nitrogens with zero attached hydrogens (tertiary/aromatic N) is 1. The van der Waals surface area contributed by atoms with E-state index in [1.807, 2.05) is 13.8 Å². The zero-order valence-corrected chi connectivity index (χ0v) is 17.9. The molecule has 1 aromatic heterocycles. The minimum absolute atomic E-state index is 0.0391. The molecule has 1 unspecified atom stereocenters. The summed E-state index contributed by atoms with van der Waals surface area (Å²) in [6.45, 7) is 7.04. The number of phenolic OH excluding ortho intramolecular Hbond substituents is 1. The van der Waals surface area contributed by atoms with Gasteiger partial charge in [-0.2, -0.15) is 0 Å². The van der Waals surface area contributed by atoms with Gasteiger partial charge in [0, 0.05) is 16.6 Å². The first kappa shape index (κ1) is 21.8. The summed E-state index contributed by atoms with van der Waals surface area (Å²) in [7, 11) is 0. The van der Waals surface area contributed by atoms with Crippen LogP contribution in [0.1, 0.15) is 48.8 Å². The number of aliphatic carboxylic acids is 1. The molecule has 0 aliphatic heterocycles. The van der Waals surface area contributed by atoms with Gasteiger partial charge in [-0.1, -0.05) is 31.9 Å². The van der Waals surface area contributed by atoms with Crippen molar-refractivity contribution in [3.63, 3.8) is 0 Å². The zero-order chi connectivity index (χ0) is 22.4. The summed E-state index contributed by atoms with van der Waals surface area (Å²) in [5.74, 6) is -2.54. The fraction of sp³-hybridized carbons (Fsp3) is 0.304. The lowest BCUT2D eigenvalue weighted by Crippen LogP contribution is -2.39. The van der Waals surface area contributed by atoms with Crippen LogP contribution in [0.25, 0.3) is 10.9 Å². The maximum Gasteiger partial charge on any atom is 0.314 e. The summed E-state index contributed by atoms with van der Waals surface area (Å²) in [4.78, 5) is 25.7. The third-order valence-electron chi connectivity index (χ3n) is 6.12. The second kappa shape index (κ2) is 7.76. The Morgan fingerprint density at radius 3 is 2.47 bits per heavy atom. The lowest BCUT2D eigenvalue weighted by atomic mass is 9.70. The van der Waals surface area contributed by atoms with Crippen LogP contribution in [0.2, 0.25) is 5.02 Å². The highest BCUT2D eigenvalue weighted by Crippen LogP contribution is 2.43. The Hall–Kier alpha value is -2.86. The molecule has 0 aliphatic rings. The van der Waals surface area contributed by atoms with Gasteiger partial charge in [0.2, 0.25) is 0 Å². The predicted octanol–water partition coefficient (Wildman–Crippen LogP) is 5.52. The highest BCUT2D eigenvalue weighted by Gasteiger charge is 2.44. The molecule has 3 aromatic rings. The van der Waals surface area contributed by atoms with Crippen LogP contribution >= 0.6 is 11.6 Å². The second-order valence-corrected chi connectivity index (χ2v) is 8.16. The third-order valence-corrected chi connectivity index (χ3v) is 6.43. The number of carboxylic acids is 1. The number of hydrogen-bond donors (Lipinski definition) is 2. The van der Waals surface area contributed by atoms with Crippen LogP contribution < -0.4 is 0 Å². The zero-order valence-electron chi connectivity index (χ0n) is 17.2. The first-order valence-electron chi connectivity index (χ1n) is 9.61. The SMILES string of the molecule is CCC(C)[C@@](C)(C(=O)O)c1c(C)n(C(=O)c2ccc(Cl)c(F)c2)c2ccc(O)cc12.